The number of carboxylic acid groups (broad SMARTS) is 1. The highest BCUT2D eigenvalue weighted by molar-refractivity contribution is 5.80. The molecule has 0 aromatic rings. The fourth-order valence-corrected chi connectivity index (χ4v) is 3.01. The van der Waals surface area contributed by atoms with Crippen LogP contribution in [-0.4, -0.2) is 78.4 Å². The number of morpholine rings is 1. The summed E-state index contributed by atoms with van der Waals surface area (Å²) in [7, 11) is 0. The van der Waals surface area contributed by atoms with Crippen LogP contribution in [0, 0.1) is 0 Å². The standard InChI is InChI=1S/C14H25N3O4/c1-2-5-17(9-13(18)19)14(20)15-7-12-8-16-6-3-4-11(16)10-21-12/h11-12H,2-10H2,1H3,(H,15,20)(H,18,19). The number of aliphatic carboxylic acids is 1. The molecule has 2 aliphatic heterocycles. The molecule has 7 nitrogen and oxygen atoms in total. The van der Waals surface area contributed by atoms with E-state index in [2.05, 4.69) is 10.2 Å². The minimum absolute atomic E-state index is 0.00314. The van der Waals surface area contributed by atoms with Gasteiger partial charge in [0, 0.05) is 25.7 Å². The summed E-state index contributed by atoms with van der Waals surface area (Å²) < 4.78 is 5.77. The molecule has 2 heterocycles. The predicted octanol–water partition coefficient (Wildman–Crippen LogP) is 0.356. The number of nitrogens with zero attached hydrogens (tertiary/aromatic N) is 2. The molecule has 0 aromatic heterocycles. The molecule has 2 unspecified atom stereocenters. The number of carbonyl (C=O) groups excluding carboxylic acids is 1. The molecular formula is C14H25N3O4. The normalized spacial score (nSPS) is 25.4. The summed E-state index contributed by atoms with van der Waals surface area (Å²) >= 11 is 0. The molecule has 2 saturated heterocycles. The SMILES string of the molecule is CCCN(CC(=O)O)C(=O)NCC1CN2CCCC2CO1. The van der Waals surface area contributed by atoms with Crippen molar-refractivity contribution in [3.63, 3.8) is 0 Å². The minimum atomic E-state index is -0.993. The summed E-state index contributed by atoms with van der Waals surface area (Å²) in [6.45, 7) is 5.21. The van der Waals surface area contributed by atoms with Crippen molar-refractivity contribution in [3.05, 3.63) is 0 Å². The molecule has 0 radical (unpaired) electrons. The first kappa shape index (κ1) is 16.0. The number of carbonyl (C=O) groups is 2. The van der Waals surface area contributed by atoms with Crippen LogP contribution in [0.2, 0.25) is 0 Å². The summed E-state index contributed by atoms with van der Waals surface area (Å²) in [5, 5.41) is 11.6. The van der Waals surface area contributed by atoms with Crippen LogP contribution in [0.25, 0.3) is 0 Å². The molecule has 2 N–H and O–H groups in total. The Morgan fingerprint density at radius 3 is 3.00 bits per heavy atom. The largest absolute Gasteiger partial charge is 0.480 e. The quantitative estimate of drug-likeness (QED) is 0.740. The van der Waals surface area contributed by atoms with Crippen molar-refractivity contribution in [2.45, 2.75) is 38.3 Å². The summed E-state index contributed by atoms with van der Waals surface area (Å²) in [6.07, 6.45) is 3.14. The first-order chi connectivity index (χ1) is 10.1. The highest BCUT2D eigenvalue weighted by Crippen LogP contribution is 2.22. The zero-order chi connectivity index (χ0) is 15.2. The Morgan fingerprint density at radius 2 is 2.29 bits per heavy atom. The van der Waals surface area contributed by atoms with Crippen molar-refractivity contribution >= 4 is 12.0 Å². The molecule has 21 heavy (non-hydrogen) atoms. The number of urea groups is 1. The Labute approximate surface area is 125 Å². The number of hydrogen-bond donors (Lipinski definition) is 2. The van der Waals surface area contributed by atoms with Gasteiger partial charge in [-0.05, 0) is 25.8 Å². The van der Waals surface area contributed by atoms with E-state index in [0.717, 1.165) is 26.1 Å². The lowest BCUT2D eigenvalue weighted by molar-refractivity contribution is -0.137. The van der Waals surface area contributed by atoms with Gasteiger partial charge in [-0.3, -0.25) is 9.69 Å². The number of hydrogen-bond acceptors (Lipinski definition) is 4. The van der Waals surface area contributed by atoms with E-state index in [-0.39, 0.29) is 18.7 Å². The van der Waals surface area contributed by atoms with E-state index in [1.165, 1.54) is 17.7 Å². The topological polar surface area (TPSA) is 82.1 Å². The summed E-state index contributed by atoms with van der Waals surface area (Å²) in [6, 6.07) is 0.215. The van der Waals surface area contributed by atoms with E-state index in [0.29, 0.717) is 19.1 Å². The van der Waals surface area contributed by atoms with Crippen LogP contribution in [0.3, 0.4) is 0 Å². The van der Waals surface area contributed by atoms with Crippen LogP contribution in [0.1, 0.15) is 26.2 Å². The third-order valence-corrected chi connectivity index (χ3v) is 4.05. The molecule has 2 aliphatic rings. The van der Waals surface area contributed by atoms with Crippen molar-refractivity contribution in [2.24, 2.45) is 0 Å². The maximum absolute atomic E-state index is 12.0. The van der Waals surface area contributed by atoms with E-state index in [4.69, 9.17) is 9.84 Å². The Balaban J connectivity index is 1.75. The van der Waals surface area contributed by atoms with Gasteiger partial charge in [-0.15, -0.1) is 0 Å². The van der Waals surface area contributed by atoms with Gasteiger partial charge in [-0.2, -0.15) is 0 Å². The molecule has 0 bridgehead atoms. The maximum Gasteiger partial charge on any atom is 0.323 e. The van der Waals surface area contributed by atoms with Crippen LogP contribution in [-0.2, 0) is 9.53 Å². The molecule has 0 spiro atoms. The van der Waals surface area contributed by atoms with Gasteiger partial charge in [-0.1, -0.05) is 6.92 Å². The molecule has 2 rings (SSSR count). The number of carboxylic acids is 1. The fourth-order valence-electron chi connectivity index (χ4n) is 3.01. The molecular weight excluding hydrogens is 274 g/mol. The second-order valence-corrected chi connectivity index (χ2v) is 5.75. The highest BCUT2D eigenvalue weighted by Gasteiger charge is 2.32. The molecule has 0 aromatic carbocycles. The number of nitrogens with one attached hydrogen (secondary N) is 1. The van der Waals surface area contributed by atoms with Gasteiger partial charge in [0.25, 0.3) is 0 Å². The third-order valence-electron chi connectivity index (χ3n) is 4.05. The van der Waals surface area contributed by atoms with Crippen LogP contribution in [0.15, 0.2) is 0 Å². The summed E-state index contributed by atoms with van der Waals surface area (Å²) in [5.74, 6) is -0.993. The molecule has 0 saturated carbocycles. The molecule has 7 heteroatoms. The first-order valence-electron chi connectivity index (χ1n) is 7.70. The van der Waals surface area contributed by atoms with Gasteiger partial charge in [0.1, 0.15) is 6.54 Å². The summed E-state index contributed by atoms with van der Waals surface area (Å²) in [4.78, 5) is 26.5. The third kappa shape index (κ3) is 4.57. The average molecular weight is 299 g/mol. The predicted molar refractivity (Wildman–Crippen MR) is 77.2 cm³/mol. The van der Waals surface area contributed by atoms with Crippen molar-refractivity contribution in [1.29, 1.82) is 0 Å². The molecule has 2 atom stereocenters. The Hall–Kier alpha value is -1.34. The van der Waals surface area contributed by atoms with E-state index in [1.807, 2.05) is 6.92 Å². The molecule has 2 amide bonds. The van der Waals surface area contributed by atoms with Crippen LogP contribution in [0.4, 0.5) is 4.79 Å². The number of fused-ring (bicyclic) bond motifs is 1. The Kier molecular flexibility index (Phi) is 5.81. The van der Waals surface area contributed by atoms with Crippen molar-refractivity contribution in [3.8, 4) is 0 Å². The molecule has 2 fully saturated rings. The number of amides is 2. The zero-order valence-electron chi connectivity index (χ0n) is 12.6. The van der Waals surface area contributed by atoms with E-state index in [1.54, 1.807) is 0 Å². The van der Waals surface area contributed by atoms with Gasteiger partial charge >= 0.3 is 12.0 Å². The van der Waals surface area contributed by atoms with Gasteiger partial charge in [0.05, 0.1) is 12.7 Å². The monoisotopic (exact) mass is 299 g/mol. The number of ether oxygens (including phenoxy) is 1. The Bertz CT molecular complexity index is 377. The minimum Gasteiger partial charge on any atom is -0.480 e. The Morgan fingerprint density at radius 1 is 1.48 bits per heavy atom. The zero-order valence-corrected chi connectivity index (χ0v) is 12.6. The van der Waals surface area contributed by atoms with Crippen LogP contribution < -0.4 is 5.32 Å². The van der Waals surface area contributed by atoms with Gasteiger partial charge < -0.3 is 20.1 Å². The van der Waals surface area contributed by atoms with E-state index < -0.39 is 5.97 Å². The maximum atomic E-state index is 12.0. The second-order valence-electron chi connectivity index (χ2n) is 5.75. The lowest BCUT2D eigenvalue weighted by Gasteiger charge is -2.35. The second kappa shape index (κ2) is 7.61. The van der Waals surface area contributed by atoms with Gasteiger partial charge in [-0.25, -0.2) is 4.79 Å². The van der Waals surface area contributed by atoms with Crippen LogP contribution in [0.5, 0.6) is 0 Å². The van der Waals surface area contributed by atoms with E-state index in [9.17, 15) is 9.59 Å². The average Bonchev–Trinajstić information content (AvgIpc) is 2.91. The van der Waals surface area contributed by atoms with Gasteiger partial charge in [0.15, 0.2) is 0 Å². The summed E-state index contributed by atoms with van der Waals surface area (Å²) in [5.41, 5.74) is 0. The first-order valence-corrected chi connectivity index (χ1v) is 7.70. The van der Waals surface area contributed by atoms with Gasteiger partial charge in [0.2, 0.25) is 0 Å². The molecule has 0 aliphatic carbocycles. The lowest BCUT2D eigenvalue weighted by atomic mass is 10.2. The lowest BCUT2D eigenvalue weighted by Crippen LogP contribution is -2.52. The van der Waals surface area contributed by atoms with Crippen molar-refractivity contribution < 1.29 is 19.4 Å². The number of rotatable bonds is 6. The fraction of sp³-hybridized carbons (Fsp3) is 0.857. The highest BCUT2D eigenvalue weighted by atomic mass is 16.5. The van der Waals surface area contributed by atoms with E-state index >= 15 is 0 Å². The van der Waals surface area contributed by atoms with Crippen molar-refractivity contribution in [1.82, 2.24) is 15.1 Å². The van der Waals surface area contributed by atoms with Crippen LogP contribution >= 0.6 is 0 Å². The van der Waals surface area contributed by atoms with Crippen molar-refractivity contribution in [2.75, 3.05) is 39.3 Å². The smallest absolute Gasteiger partial charge is 0.323 e. The molecule has 120 valence electrons.